The highest BCUT2D eigenvalue weighted by atomic mass is 79.9. The Balaban J connectivity index is 2.12. The summed E-state index contributed by atoms with van der Waals surface area (Å²) in [4.78, 5) is 0. The molecule has 4 heteroatoms. The first-order valence-electron chi connectivity index (χ1n) is 6.47. The third-order valence-electron chi connectivity index (χ3n) is 3.30. The fraction of sp³-hybridized carbons (Fsp3) is 0.250. The fourth-order valence-electron chi connectivity index (χ4n) is 2.20. The van der Waals surface area contributed by atoms with Crippen LogP contribution in [0, 0.1) is 5.82 Å². The molecule has 0 aromatic heterocycles. The van der Waals surface area contributed by atoms with Gasteiger partial charge in [0.2, 0.25) is 0 Å². The van der Waals surface area contributed by atoms with Crippen LogP contribution in [0.1, 0.15) is 37.1 Å². The molecule has 0 spiro atoms. The predicted molar refractivity (Wildman–Crippen MR) is 82.2 cm³/mol. The van der Waals surface area contributed by atoms with E-state index in [1.165, 1.54) is 6.07 Å². The van der Waals surface area contributed by atoms with E-state index in [9.17, 15) is 9.50 Å². The van der Waals surface area contributed by atoms with E-state index in [-0.39, 0.29) is 17.8 Å². The van der Waals surface area contributed by atoms with Crippen LogP contribution in [0.25, 0.3) is 0 Å². The van der Waals surface area contributed by atoms with E-state index in [1.807, 2.05) is 38.1 Å². The third-order valence-corrected chi connectivity index (χ3v) is 3.79. The molecule has 0 amide bonds. The van der Waals surface area contributed by atoms with Crippen molar-refractivity contribution in [3.05, 3.63) is 63.9 Å². The van der Waals surface area contributed by atoms with Crippen LogP contribution < -0.4 is 5.32 Å². The summed E-state index contributed by atoms with van der Waals surface area (Å²) in [5.74, 6) is -0.454. The minimum Gasteiger partial charge on any atom is -0.508 e. The van der Waals surface area contributed by atoms with Gasteiger partial charge >= 0.3 is 0 Å². The van der Waals surface area contributed by atoms with Gasteiger partial charge in [-0.2, -0.15) is 0 Å². The molecule has 0 saturated carbocycles. The highest BCUT2D eigenvalue weighted by Crippen LogP contribution is 2.25. The molecule has 2 rings (SSSR count). The average Bonchev–Trinajstić information content (AvgIpc) is 2.38. The SMILES string of the molecule is CC(N[C@H](C)c1cccc(Br)c1)c1ccc(O)cc1F. The van der Waals surface area contributed by atoms with Crippen molar-refractivity contribution in [2.45, 2.75) is 25.9 Å². The number of aromatic hydroxyl groups is 1. The van der Waals surface area contributed by atoms with Crippen molar-refractivity contribution in [3.63, 3.8) is 0 Å². The second kappa shape index (κ2) is 6.37. The fourth-order valence-corrected chi connectivity index (χ4v) is 2.62. The summed E-state index contributed by atoms with van der Waals surface area (Å²) in [6.45, 7) is 3.94. The molecule has 2 aromatic rings. The number of phenolic OH excluding ortho intramolecular Hbond substituents is 1. The van der Waals surface area contributed by atoms with Crippen molar-refractivity contribution in [3.8, 4) is 5.75 Å². The van der Waals surface area contributed by atoms with E-state index in [0.717, 1.165) is 16.1 Å². The monoisotopic (exact) mass is 337 g/mol. The summed E-state index contributed by atoms with van der Waals surface area (Å²) in [7, 11) is 0. The van der Waals surface area contributed by atoms with Crippen molar-refractivity contribution >= 4 is 15.9 Å². The first kappa shape index (κ1) is 15.0. The maximum absolute atomic E-state index is 13.8. The van der Waals surface area contributed by atoms with Gasteiger partial charge in [0.05, 0.1) is 0 Å². The molecule has 106 valence electrons. The third kappa shape index (κ3) is 3.58. The molecule has 0 bridgehead atoms. The molecule has 20 heavy (non-hydrogen) atoms. The van der Waals surface area contributed by atoms with Crippen molar-refractivity contribution in [2.75, 3.05) is 0 Å². The number of rotatable bonds is 4. The Bertz CT molecular complexity index is 603. The normalized spacial score (nSPS) is 14.0. The largest absolute Gasteiger partial charge is 0.508 e. The standard InChI is InChI=1S/C16H17BrFNO/c1-10(12-4-3-5-13(17)8-12)19-11(2)15-7-6-14(20)9-16(15)18/h3-11,19-20H,1-2H3/t10-,11?/m1/s1. The van der Waals surface area contributed by atoms with Gasteiger partial charge in [-0.25, -0.2) is 4.39 Å². The van der Waals surface area contributed by atoms with Gasteiger partial charge in [0.25, 0.3) is 0 Å². The zero-order chi connectivity index (χ0) is 14.7. The smallest absolute Gasteiger partial charge is 0.131 e. The molecular formula is C16H17BrFNO. The zero-order valence-electron chi connectivity index (χ0n) is 11.4. The molecule has 0 heterocycles. The van der Waals surface area contributed by atoms with Gasteiger partial charge in [-0.15, -0.1) is 0 Å². The molecule has 0 fully saturated rings. The maximum Gasteiger partial charge on any atom is 0.131 e. The second-order valence-electron chi connectivity index (χ2n) is 4.87. The van der Waals surface area contributed by atoms with Gasteiger partial charge in [0.1, 0.15) is 11.6 Å². The van der Waals surface area contributed by atoms with Crippen LogP contribution in [0.2, 0.25) is 0 Å². The summed E-state index contributed by atoms with van der Waals surface area (Å²) in [5.41, 5.74) is 1.68. The lowest BCUT2D eigenvalue weighted by Gasteiger charge is -2.21. The molecular weight excluding hydrogens is 321 g/mol. The topological polar surface area (TPSA) is 32.3 Å². The minimum atomic E-state index is -0.397. The summed E-state index contributed by atoms with van der Waals surface area (Å²) in [6.07, 6.45) is 0. The lowest BCUT2D eigenvalue weighted by molar-refractivity contribution is 0.454. The molecule has 0 aliphatic carbocycles. The van der Waals surface area contributed by atoms with E-state index in [2.05, 4.69) is 21.2 Å². The zero-order valence-corrected chi connectivity index (χ0v) is 13.0. The van der Waals surface area contributed by atoms with Crippen LogP contribution in [-0.4, -0.2) is 5.11 Å². The molecule has 0 aliphatic rings. The van der Waals surface area contributed by atoms with Crippen LogP contribution in [0.5, 0.6) is 5.75 Å². The Kier molecular flexibility index (Phi) is 4.78. The molecule has 2 atom stereocenters. The lowest BCUT2D eigenvalue weighted by atomic mass is 10.0. The Hall–Kier alpha value is -1.39. The van der Waals surface area contributed by atoms with Crippen molar-refractivity contribution in [2.24, 2.45) is 0 Å². The minimum absolute atomic E-state index is 0.0570. The van der Waals surface area contributed by atoms with Gasteiger partial charge in [-0.05, 0) is 37.6 Å². The number of nitrogens with one attached hydrogen (secondary N) is 1. The Morgan fingerprint density at radius 1 is 1.10 bits per heavy atom. The number of halogens is 2. The second-order valence-corrected chi connectivity index (χ2v) is 5.79. The summed E-state index contributed by atoms with van der Waals surface area (Å²) >= 11 is 3.45. The molecule has 0 radical (unpaired) electrons. The van der Waals surface area contributed by atoms with Gasteiger partial charge in [-0.1, -0.05) is 34.1 Å². The highest BCUT2D eigenvalue weighted by Gasteiger charge is 2.15. The lowest BCUT2D eigenvalue weighted by Crippen LogP contribution is -2.23. The number of hydrogen-bond donors (Lipinski definition) is 2. The molecule has 2 N–H and O–H groups in total. The van der Waals surface area contributed by atoms with E-state index >= 15 is 0 Å². The predicted octanol–water partition coefficient (Wildman–Crippen LogP) is 4.71. The van der Waals surface area contributed by atoms with Gasteiger partial charge in [-0.3, -0.25) is 0 Å². The van der Waals surface area contributed by atoms with E-state index in [4.69, 9.17) is 0 Å². The summed E-state index contributed by atoms with van der Waals surface area (Å²) in [5, 5.41) is 12.6. The van der Waals surface area contributed by atoms with E-state index < -0.39 is 5.82 Å². The number of hydrogen-bond acceptors (Lipinski definition) is 2. The average molecular weight is 338 g/mol. The summed E-state index contributed by atoms with van der Waals surface area (Å²) in [6, 6.07) is 12.2. The van der Waals surface area contributed by atoms with Crippen molar-refractivity contribution < 1.29 is 9.50 Å². The molecule has 0 saturated heterocycles. The van der Waals surface area contributed by atoms with Crippen LogP contribution >= 0.6 is 15.9 Å². The van der Waals surface area contributed by atoms with Gasteiger partial charge in [0, 0.05) is 28.2 Å². The maximum atomic E-state index is 13.8. The van der Waals surface area contributed by atoms with Crippen LogP contribution in [0.4, 0.5) is 4.39 Å². The first-order chi connectivity index (χ1) is 9.47. The quantitative estimate of drug-likeness (QED) is 0.847. The summed E-state index contributed by atoms with van der Waals surface area (Å²) < 4.78 is 14.8. The Labute approximate surface area is 126 Å². The van der Waals surface area contributed by atoms with Gasteiger partial charge in [0.15, 0.2) is 0 Å². The Morgan fingerprint density at radius 2 is 1.85 bits per heavy atom. The van der Waals surface area contributed by atoms with E-state index in [0.29, 0.717) is 5.56 Å². The van der Waals surface area contributed by atoms with Crippen LogP contribution in [0.3, 0.4) is 0 Å². The highest BCUT2D eigenvalue weighted by molar-refractivity contribution is 9.10. The molecule has 0 aliphatic heterocycles. The van der Waals surface area contributed by atoms with E-state index in [1.54, 1.807) is 6.07 Å². The van der Waals surface area contributed by atoms with Crippen LogP contribution in [0.15, 0.2) is 46.9 Å². The molecule has 2 aromatic carbocycles. The number of benzene rings is 2. The molecule has 2 nitrogen and oxygen atoms in total. The van der Waals surface area contributed by atoms with Crippen molar-refractivity contribution in [1.82, 2.24) is 5.32 Å². The first-order valence-corrected chi connectivity index (χ1v) is 7.26. The Morgan fingerprint density at radius 3 is 2.50 bits per heavy atom. The number of phenols is 1. The van der Waals surface area contributed by atoms with Crippen LogP contribution in [-0.2, 0) is 0 Å². The van der Waals surface area contributed by atoms with Crippen molar-refractivity contribution in [1.29, 1.82) is 0 Å². The molecule has 1 unspecified atom stereocenters. The van der Waals surface area contributed by atoms with Gasteiger partial charge < -0.3 is 10.4 Å².